The summed E-state index contributed by atoms with van der Waals surface area (Å²) in [5.41, 5.74) is -0.242. The summed E-state index contributed by atoms with van der Waals surface area (Å²) >= 11 is 2.89. The van der Waals surface area contributed by atoms with Crippen LogP contribution in [0.25, 0.3) is 0 Å². The summed E-state index contributed by atoms with van der Waals surface area (Å²) in [7, 11) is 0. The summed E-state index contributed by atoms with van der Waals surface area (Å²) < 4.78 is 36.9. The Morgan fingerprint density at radius 3 is 2.54 bits per heavy atom. The van der Waals surface area contributed by atoms with Gasteiger partial charge in [-0.1, -0.05) is 6.92 Å². The molecule has 0 aliphatic carbocycles. The molecule has 0 radical (unpaired) electrons. The maximum absolute atomic E-state index is 12.3. The van der Waals surface area contributed by atoms with Gasteiger partial charge in [-0.2, -0.15) is 13.2 Å². The summed E-state index contributed by atoms with van der Waals surface area (Å²) in [6, 6.07) is 1.57. The van der Waals surface area contributed by atoms with Crippen molar-refractivity contribution < 1.29 is 13.2 Å². The molecule has 0 amide bonds. The van der Waals surface area contributed by atoms with E-state index in [4.69, 9.17) is 0 Å². The van der Waals surface area contributed by atoms with Crippen molar-refractivity contribution in [2.24, 2.45) is 0 Å². The minimum Gasteiger partial charge on any atom is -0.251 e. The molecule has 13 heavy (non-hydrogen) atoms. The van der Waals surface area contributed by atoms with E-state index in [2.05, 4.69) is 20.9 Å². The lowest BCUT2D eigenvalue weighted by atomic mass is 10.2. The second-order valence-electron chi connectivity index (χ2n) is 2.48. The van der Waals surface area contributed by atoms with E-state index in [-0.39, 0.29) is 4.47 Å². The highest BCUT2D eigenvalue weighted by atomic mass is 79.9. The van der Waals surface area contributed by atoms with Gasteiger partial charge in [-0.3, -0.25) is 4.98 Å². The lowest BCUT2D eigenvalue weighted by Crippen LogP contribution is -2.09. The molecule has 1 heterocycles. The van der Waals surface area contributed by atoms with Gasteiger partial charge in [0.2, 0.25) is 0 Å². The molecule has 0 bridgehead atoms. The van der Waals surface area contributed by atoms with Crippen LogP contribution < -0.4 is 0 Å². The van der Waals surface area contributed by atoms with Crippen molar-refractivity contribution in [3.05, 3.63) is 28.0 Å². The molecule has 0 aliphatic heterocycles. The van der Waals surface area contributed by atoms with Crippen LogP contribution in [0.1, 0.15) is 18.2 Å². The lowest BCUT2D eigenvalue weighted by Gasteiger charge is -2.09. The first kappa shape index (κ1) is 10.5. The molecule has 0 saturated carbocycles. The Hall–Kier alpha value is -0.580. The highest BCUT2D eigenvalue weighted by Crippen LogP contribution is 2.34. The van der Waals surface area contributed by atoms with E-state index in [1.54, 1.807) is 13.0 Å². The third-order valence-corrected chi connectivity index (χ3v) is 2.50. The fourth-order valence-corrected chi connectivity index (χ4v) is 1.69. The van der Waals surface area contributed by atoms with Crippen molar-refractivity contribution in [1.29, 1.82) is 0 Å². The van der Waals surface area contributed by atoms with E-state index in [1.165, 1.54) is 6.20 Å². The van der Waals surface area contributed by atoms with Crippen molar-refractivity contribution >= 4 is 15.9 Å². The zero-order chi connectivity index (χ0) is 10.1. The highest BCUT2D eigenvalue weighted by Gasteiger charge is 2.35. The van der Waals surface area contributed by atoms with Crippen LogP contribution in [0.15, 0.2) is 16.7 Å². The van der Waals surface area contributed by atoms with Crippen molar-refractivity contribution in [1.82, 2.24) is 4.98 Å². The van der Waals surface area contributed by atoms with Crippen molar-refractivity contribution in [2.75, 3.05) is 0 Å². The normalized spacial score (nSPS) is 11.8. The SMILES string of the molecule is CCc1ccnc(C(F)(F)F)c1Br. The van der Waals surface area contributed by atoms with Crippen LogP contribution in [0.3, 0.4) is 0 Å². The van der Waals surface area contributed by atoms with Crippen LogP contribution in [-0.4, -0.2) is 4.98 Å². The molecular weight excluding hydrogens is 247 g/mol. The van der Waals surface area contributed by atoms with E-state index in [9.17, 15) is 13.2 Å². The topological polar surface area (TPSA) is 12.9 Å². The van der Waals surface area contributed by atoms with Crippen molar-refractivity contribution in [3.8, 4) is 0 Å². The lowest BCUT2D eigenvalue weighted by molar-refractivity contribution is -0.141. The van der Waals surface area contributed by atoms with Crippen LogP contribution in [0.2, 0.25) is 0 Å². The molecule has 1 rings (SSSR count). The highest BCUT2D eigenvalue weighted by molar-refractivity contribution is 9.10. The maximum Gasteiger partial charge on any atom is 0.434 e. The van der Waals surface area contributed by atoms with Gasteiger partial charge < -0.3 is 0 Å². The summed E-state index contributed by atoms with van der Waals surface area (Å²) in [5.74, 6) is 0. The first-order valence-electron chi connectivity index (χ1n) is 3.67. The Morgan fingerprint density at radius 2 is 2.08 bits per heavy atom. The summed E-state index contributed by atoms with van der Waals surface area (Å²) in [6.45, 7) is 1.79. The van der Waals surface area contributed by atoms with Crippen LogP contribution >= 0.6 is 15.9 Å². The van der Waals surface area contributed by atoms with Gasteiger partial charge in [0.05, 0.1) is 4.47 Å². The molecule has 0 unspecified atom stereocenters. The zero-order valence-corrected chi connectivity index (χ0v) is 8.41. The van der Waals surface area contributed by atoms with Crippen LogP contribution in [0.4, 0.5) is 13.2 Å². The number of aryl methyl sites for hydroxylation is 1. The summed E-state index contributed by atoms with van der Waals surface area (Å²) in [6.07, 6.45) is -2.66. The smallest absolute Gasteiger partial charge is 0.251 e. The second-order valence-corrected chi connectivity index (χ2v) is 3.28. The Kier molecular flexibility index (Phi) is 2.95. The van der Waals surface area contributed by atoms with Gasteiger partial charge >= 0.3 is 6.18 Å². The minimum atomic E-state index is -4.38. The van der Waals surface area contributed by atoms with Gasteiger partial charge in [-0.05, 0) is 34.0 Å². The molecule has 0 saturated heterocycles. The summed E-state index contributed by atoms with van der Waals surface area (Å²) in [4.78, 5) is 3.29. The van der Waals surface area contributed by atoms with E-state index >= 15 is 0 Å². The molecule has 1 nitrogen and oxygen atoms in total. The van der Waals surface area contributed by atoms with Gasteiger partial charge in [0.1, 0.15) is 0 Å². The van der Waals surface area contributed by atoms with Gasteiger partial charge in [0, 0.05) is 6.20 Å². The standard InChI is InChI=1S/C8H7BrF3N/c1-2-5-3-4-13-7(6(5)9)8(10,11)12/h3-4H,2H2,1H3. The number of halogens is 4. The van der Waals surface area contributed by atoms with Crippen molar-refractivity contribution in [2.45, 2.75) is 19.5 Å². The number of nitrogens with zero attached hydrogens (tertiary/aromatic N) is 1. The number of alkyl halides is 3. The van der Waals surface area contributed by atoms with Crippen LogP contribution in [0, 0.1) is 0 Å². The first-order valence-corrected chi connectivity index (χ1v) is 4.46. The number of aromatic nitrogens is 1. The van der Waals surface area contributed by atoms with Crippen LogP contribution in [-0.2, 0) is 12.6 Å². The molecule has 1 aromatic rings. The molecule has 0 atom stereocenters. The molecule has 0 fully saturated rings. The van der Waals surface area contributed by atoms with Gasteiger partial charge in [0.15, 0.2) is 5.69 Å². The Labute approximate surface area is 82.1 Å². The average Bonchev–Trinajstić information content (AvgIpc) is 2.02. The first-order chi connectivity index (χ1) is 5.96. The van der Waals surface area contributed by atoms with E-state index in [1.807, 2.05) is 0 Å². The van der Waals surface area contributed by atoms with E-state index < -0.39 is 11.9 Å². The van der Waals surface area contributed by atoms with E-state index in [0.717, 1.165) is 0 Å². The fourth-order valence-electron chi connectivity index (χ4n) is 0.954. The van der Waals surface area contributed by atoms with Crippen molar-refractivity contribution in [3.63, 3.8) is 0 Å². The number of hydrogen-bond donors (Lipinski definition) is 0. The molecular formula is C8H7BrF3N. The second kappa shape index (κ2) is 3.65. The fraction of sp³-hybridized carbons (Fsp3) is 0.375. The number of pyridine rings is 1. The molecule has 1 aromatic heterocycles. The largest absolute Gasteiger partial charge is 0.434 e. The van der Waals surface area contributed by atoms with Gasteiger partial charge in [-0.15, -0.1) is 0 Å². The number of rotatable bonds is 1. The molecule has 0 aliphatic rings. The maximum atomic E-state index is 12.3. The summed E-state index contributed by atoms with van der Waals surface area (Å²) in [5, 5.41) is 0. The van der Waals surface area contributed by atoms with Crippen LogP contribution in [0.5, 0.6) is 0 Å². The monoisotopic (exact) mass is 253 g/mol. The molecule has 5 heteroatoms. The zero-order valence-electron chi connectivity index (χ0n) is 6.82. The predicted octanol–water partition coefficient (Wildman–Crippen LogP) is 3.43. The average molecular weight is 254 g/mol. The third-order valence-electron chi connectivity index (χ3n) is 1.62. The Bertz CT molecular complexity index is 309. The molecule has 0 spiro atoms. The Morgan fingerprint density at radius 1 is 1.46 bits per heavy atom. The predicted molar refractivity (Wildman–Crippen MR) is 46.3 cm³/mol. The Balaban J connectivity index is 3.24. The van der Waals surface area contributed by atoms with Gasteiger partial charge in [-0.25, -0.2) is 0 Å². The minimum absolute atomic E-state index is 0.0463. The number of hydrogen-bond acceptors (Lipinski definition) is 1. The third kappa shape index (κ3) is 2.21. The quantitative estimate of drug-likeness (QED) is 0.748. The van der Waals surface area contributed by atoms with Gasteiger partial charge in [0.25, 0.3) is 0 Å². The molecule has 0 aromatic carbocycles. The molecule has 0 N–H and O–H groups in total. The molecule has 72 valence electrons. The van der Waals surface area contributed by atoms with E-state index in [0.29, 0.717) is 12.0 Å².